The fourth-order valence-corrected chi connectivity index (χ4v) is 4.09. The van der Waals surface area contributed by atoms with Crippen LogP contribution in [0.15, 0.2) is 82.4 Å². The van der Waals surface area contributed by atoms with E-state index in [-0.39, 0.29) is 11.6 Å². The molecule has 1 amide bonds. The summed E-state index contributed by atoms with van der Waals surface area (Å²) in [5, 5.41) is 14.8. The van der Waals surface area contributed by atoms with Gasteiger partial charge in [-0.1, -0.05) is 30.3 Å². The molecule has 0 unspecified atom stereocenters. The average Bonchev–Trinajstić information content (AvgIpc) is 3.40. The first-order valence-electron chi connectivity index (χ1n) is 9.33. The first-order chi connectivity index (χ1) is 14.6. The summed E-state index contributed by atoms with van der Waals surface area (Å²) >= 11 is 1.48. The minimum absolute atomic E-state index is 0.0661. The largest absolute Gasteiger partial charge is 0.467 e. The number of aromatic nitrogens is 1. The third-order valence-electron chi connectivity index (χ3n) is 4.65. The third kappa shape index (κ3) is 4.55. The molecule has 7 nitrogen and oxygen atoms in total. The van der Waals surface area contributed by atoms with Gasteiger partial charge in [0.2, 0.25) is 5.91 Å². The van der Waals surface area contributed by atoms with Crippen LogP contribution in [-0.2, 0) is 17.9 Å². The number of furan rings is 1. The van der Waals surface area contributed by atoms with Gasteiger partial charge in [0.15, 0.2) is 0 Å². The van der Waals surface area contributed by atoms with Crippen molar-refractivity contribution in [1.82, 2.24) is 9.88 Å². The summed E-state index contributed by atoms with van der Waals surface area (Å²) in [6.45, 7) is 0.956. The first-order valence-corrected chi connectivity index (χ1v) is 10.3. The summed E-state index contributed by atoms with van der Waals surface area (Å²) in [7, 11) is 0. The van der Waals surface area contributed by atoms with Crippen molar-refractivity contribution in [2.45, 2.75) is 18.0 Å². The van der Waals surface area contributed by atoms with Gasteiger partial charge in [0.05, 0.1) is 23.5 Å². The zero-order valence-corrected chi connectivity index (χ0v) is 16.8. The van der Waals surface area contributed by atoms with Crippen molar-refractivity contribution in [2.75, 3.05) is 5.75 Å². The number of rotatable bonds is 8. The summed E-state index contributed by atoms with van der Waals surface area (Å²) in [5.74, 6) is 0.948. The van der Waals surface area contributed by atoms with Crippen LogP contribution in [0.5, 0.6) is 0 Å². The Bertz CT molecular complexity index is 1170. The molecule has 152 valence electrons. The van der Waals surface area contributed by atoms with Crippen LogP contribution in [-0.4, -0.2) is 21.2 Å². The fourth-order valence-electron chi connectivity index (χ4n) is 3.17. The van der Waals surface area contributed by atoms with Crippen LogP contribution in [0, 0.1) is 10.1 Å². The summed E-state index contributed by atoms with van der Waals surface area (Å²) in [6.07, 6.45) is 3.60. The quantitative estimate of drug-likeness (QED) is 0.255. The average molecular weight is 421 g/mol. The molecule has 0 saturated heterocycles. The van der Waals surface area contributed by atoms with E-state index < -0.39 is 4.92 Å². The van der Waals surface area contributed by atoms with Crippen molar-refractivity contribution < 1.29 is 14.1 Å². The van der Waals surface area contributed by atoms with E-state index in [1.165, 1.54) is 23.9 Å². The molecule has 0 aliphatic heterocycles. The summed E-state index contributed by atoms with van der Waals surface area (Å²) in [6, 6.07) is 18.2. The van der Waals surface area contributed by atoms with Gasteiger partial charge in [-0.3, -0.25) is 14.9 Å². The number of nitrogens with zero attached hydrogens (tertiary/aromatic N) is 2. The highest BCUT2D eigenvalue weighted by atomic mass is 32.2. The van der Waals surface area contributed by atoms with Gasteiger partial charge in [-0.15, -0.1) is 11.8 Å². The van der Waals surface area contributed by atoms with Crippen molar-refractivity contribution in [3.8, 4) is 0 Å². The number of non-ortho nitro benzene ring substituents is 1. The molecule has 0 aliphatic carbocycles. The van der Waals surface area contributed by atoms with E-state index in [1.54, 1.807) is 24.5 Å². The minimum atomic E-state index is -0.402. The molecule has 2 aromatic carbocycles. The van der Waals surface area contributed by atoms with Crippen LogP contribution in [0.25, 0.3) is 10.9 Å². The van der Waals surface area contributed by atoms with Crippen LogP contribution in [0.1, 0.15) is 11.3 Å². The highest BCUT2D eigenvalue weighted by Crippen LogP contribution is 2.30. The Morgan fingerprint density at radius 2 is 1.90 bits per heavy atom. The van der Waals surface area contributed by atoms with Crippen LogP contribution in [0.3, 0.4) is 0 Å². The Balaban J connectivity index is 1.46. The number of carbonyl (C=O) groups excluding carboxylic acids is 1. The zero-order chi connectivity index (χ0) is 20.9. The van der Waals surface area contributed by atoms with Gasteiger partial charge >= 0.3 is 0 Å². The lowest BCUT2D eigenvalue weighted by Gasteiger charge is -2.05. The number of thioether (sulfide) groups is 1. The molecular weight excluding hydrogens is 402 g/mol. The number of hydrogen-bond donors (Lipinski definition) is 1. The Hall–Kier alpha value is -3.52. The topological polar surface area (TPSA) is 90.3 Å². The monoisotopic (exact) mass is 421 g/mol. The van der Waals surface area contributed by atoms with E-state index in [2.05, 4.69) is 9.88 Å². The lowest BCUT2D eigenvalue weighted by molar-refractivity contribution is -0.384. The van der Waals surface area contributed by atoms with Crippen molar-refractivity contribution in [1.29, 1.82) is 0 Å². The molecule has 0 saturated carbocycles. The standard InChI is InChI=1S/C22H19N3O4S/c26-22(23-12-18-4-3-11-29-18)15-30-21-14-24(20-6-2-1-5-19(20)21)13-16-7-9-17(10-8-16)25(27)28/h1-11,14H,12-13,15H2,(H,23,26). The number of nitro groups is 1. The highest BCUT2D eigenvalue weighted by Gasteiger charge is 2.12. The number of hydrogen-bond acceptors (Lipinski definition) is 5. The Morgan fingerprint density at radius 1 is 1.10 bits per heavy atom. The van der Waals surface area contributed by atoms with E-state index in [0.717, 1.165) is 21.4 Å². The van der Waals surface area contributed by atoms with Crippen LogP contribution in [0.2, 0.25) is 0 Å². The Kier molecular flexibility index (Phi) is 5.85. The normalized spacial score (nSPS) is 10.9. The molecule has 0 bridgehead atoms. The summed E-state index contributed by atoms with van der Waals surface area (Å²) in [4.78, 5) is 23.7. The highest BCUT2D eigenvalue weighted by molar-refractivity contribution is 8.00. The van der Waals surface area contributed by atoms with Gasteiger partial charge in [0, 0.05) is 40.7 Å². The fraction of sp³-hybridized carbons (Fsp3) is 0.136. The van der Waals surface area contributed by atoms with Crippen LogP contribution < -0.4 is 5.32 Å². The lowest BCUT2D eigenvalue weighted by atomic mass is 10.2. The van der Waals surface area contributed by atoms with Crippen molar-refractivity contribution in [3.05, 3.63) is 94.6 Å². The predicted octanol–water partition coefficient (Wildman–Crippen LogP) is 4.60. The number of nitro benzene ring substituents is 1. The van der Waals surface area contributed by atoms with E-state index in [9.17, 15) is 14.9 Å². The second kappa shape index (κ2) is 8.87. The maximum absolute atomic E-state index is 12.2. The predicted molar refractivity (Wildman–Crippen MR) is 115 cm³/mol. The minimum Gasteiger partial charge on any atom is -0.467 e. The summed E-state index contributed by atoms with van der Waals surface area (Å²) < 4.78 is 7.32. The van der Waals surface area contributed by atoms with Crippen molar-refractivity contribution >= 4 is 34.3 Å². The number of nitrogens with one attached hydrogen (secondary N) is 1. The molecule has 0 aliphatic rings. The number of amides is 1. The van der Waals surface area contributed by atoms with Gasteiger partial charge in [-0.2, -0.15) is 0 Å². The molecule has 4 aromatic rings. The Morgan fingerprint density at radius 3 is 2.63 bits per heavy atom. The number of para-hydroxylation sites is 1. The molecule has 2 heterocycles. The zero-order valence-electron chi connectivity index (χ0n) is 16.0. The molecule has 2 aromatic heterocycles. The third-order valence-corrected chi connectivity index (χ3v) is 5.69. The molecule has 0 spiro atoms. The molecule has 0 fully saturated rings. The lowest BCUT2D eigenvalue weighted by Crippen LogP contribution is -2.24. The summed E-state index contributed by atoms with van der Waals surface area (Å²) in [5.41, 5.74) is 2.09. The second-order valence-electron chi connectivity index (χ2n) is 6.71. The van der Waals surface area contributed by atoms with Gasteiger partial charge in [-0.05, 0) is 23.8 Å². The van der Waals surface area contributed by atoms with Crippen LogP contribution in [0.4, 0.5) is 5.69 Å². The maximum atomic E-state index is 12.2. The Labute approximate surface area is 176 Å². The van der Waals surface area contributed by atoms with Crippen LogP contribution >= 0.6 is 11.8 Å². The molecule has 4 rings (SSSR count). The second-order valence-corrected chi connectivity index (χ2v) is 7.72. The van der Waals surface area contributed by atoms with Gasteiger partial charge < -0.3 is 14.3 Å². The van der Waals surface area contributed by atoms with E-state index in [0.29, 0.717) is 24.6 Å². The SMILES string of the molecule is O=C(CSc1cn(Cc2ccc([N+](=O)[O-])cc2)c2ccccc12)NCc1ccco1. The number of benzene rings is 2. The number of carbonyl (C=O) groups is 1. The first kappa shape index (κ1) is 19.8. The van der Waals surface area contributed by atoms with Crippen molar-refractivity contribution in [3.63, 3.8) is 0 Å². The van der Waals surface area contributed by atoms with E-state index >= 15 is 0 Å². The molecule has 0 radical (unpaired) electrons. The van der Waals surface area contributed by atoms with E-state index in [4.69, 9.17) is 4.42 Å². The van der Waals surface area contributed by atoms with Gasteiger partial charge in [0.1, 0.15) is 5.76 Å². The maximum Gasteiger partial charge on any atom is 0.269 e. The molecule has 0 atom stereocenters. The van der Waals surface area contributed by atoms with E-state index in [1.807, 2.05) is 36.5 Å². The van der Waals surface area contributed by atoms with Gasteiger partial charge in [-0.25, -0.2) is 0 Å². The van der Waals surface area contributed by atoms with Gasteiger partial charge in [0.25, 0.3) is 5.69 Å². The molecule has 8 heteroatoms. The molecule has 1 N–H and O–H groups in total. The van der Waals surface area contributed by atoms with Crippen molar-refractivity contribution in [2.24, 2.45) is 0 Å². The molecule has 30 heavy (non-hydrogen) atoms. The number of fused-ring (bicyclic) bond motifs is 1. The smallest absolute Gasteiger partial charge is 0.269 e. The molecular formula is C22H19N3O4S.